The predicted molar refractivity (Wildman–Crippen MR) is 102 cm³/mol. The summed E-state index contributed by atoms with van der Waals surface area (Å²) < 4.78 is 27.1. The van der Waals surface area contributed by atoms with E-state index in [0.717, 1.165) is 11.1 Å². The first-order valence-corrected chi connectivity index (χ1v) is 10.4. The molecule has 3 rings (SSSR count). The fourth-order valence-corrected chi connectivity index (χ4v) is 5.15. The molecule has 138 valence electrons. The van der Waals surface area contributed by atoms with Crippen molar-refractivity contribution in [2.24, 2.45) is 0 Å². The van der Waals surface area contributed by atoms with Gasteiger partial charge in [-0.25, -0.2) is 8.42 Å². The average Bonchev–Trinajstić information content (AvgIpc) is 3.13. The highest BCUT2D eigenvalue weighted by Gasteiger charge is 2.39. The number of amides is 1. The molecule has 0 saturated carbocycles. The summed E-state index contributed by atoms with van der Waals surface area (Å²) in [6.07, 6.45) is 1.29. The van der Waals surface area contributed by atoms with Crippen LogP contribution in [0.1, 0.15) is 24.0 Å². The maximum Gasteiger partial charge on any atom is 0.241 e. The van der Waals surface area contributed by atoms with Crippen molar-refractivity contribution in [1.29, 1.82) is 0 Å². The molecule has 1 heterocycles. The van der Waals surface area contributed by atoms with Crippen molar-refractivity contribution < 1.29 is 13.2 Å². The van der Waals surface area contributed by atoms with E-state index >= 15 is 0 Å². The zero-order chi connectivity index (χ0) is 18.6. The zero-order valence-electron chi connectivity index (χ0n) is 14.9. The molecule has 1 atom stereocenters. The summed E-state index contributed by atoms with van der Waals surface area (Å²) in [7, 11) is -1.80. The minimum Gasteiger partial charge on any atom is -0.340 e. The molecule has 1 unspecified atom stereocenters. The Morgan fingerprint density at radius 1 is 1.04 bits per heavy atom. The standard InChI is InChI=1S/C20H24N2O3S/c1-21(15-17-9-4-2-5-10-17)20(23)19-13-8-14-22(19)26(24,25)16-18-11-6-3-7-12-18/h2-7,9-12,19H,8,13-16H2,1H3. The van der Waals surface area contributed by atoms with E-state index in [1.54, 1.807) is 24.1 Å². The topological polar surface area (TPSA) is 57.7 Å². The Bertz CT molecular complexity index is 838. The van der Waals surface area contributed by atoms with Gasteiger partial charge in [-0.1, -0.05) is 60.7 Å². The normalized spacial score (nSPS) is 18.0. The van der Waals surface area contributed by atoms with Gasteiger partial charge in [-0.2, -0.15) is 4.31 Å². The molecule has 0 bridgehead atoms. The summed E-state index contributed by atoms with van der Waals surface area (Å²) in [6.45, 7) is 0.882. The third-order valence-electron chi connectivity index (χ3n) is 4.68. The number of hydrogen-bond donors (Lipinski definition) is 0. The lowest BCUT2D eigenvalue weighted by Crippen LogP contribution is -2.46. The lowest BCUT2D eigenvalue weighted by molar-refractivity contribution is -0.133. The quantitative estimate of drug-likeness (QED) is 0.783. The summed E-state index contributed by atoms with van der Waals surface area (Å²) in [5.41, 5.74) is 1.77. The zero-order valence-corrected chi connectivity index (χ0v) is 15.7. The summed E-state index contributed by atoms with van der Waals surface area (Å²) in [4.78, 5) is 14.5. The van der Waals surface area contributed by atoms with Crippen molar-refractivity contribution in [1.82, 2.24) is 9.21 Å². The van der Waals surface area contributed by atoms with Crippen molar-refractivity contribution in [2.75, 3.05) is 13.6 Å². The Balaban J connectivity index is 1.71. The van der Waals surface area contributed by atoms with E-state index in [0.29, 0.717) is 25.9 Å². The molecule has 1 aliphatic heterocycles. The van der Waals surface area contributed by atoms with E-state index in [-0.39, 0.29) is 11.7 Å². The minimum atomic E-state index is -3.53. The average molecular weight is 372 g/mol. The molecule has 26 heavy (non-hydrogen) atoms. The number of nitrogens with zero attached hydrogens (tertiary/aromatic N) is 2. The van der Waals surface area contributed by atoms with Crippen molar-refractivity contribution in [2.45, 2.75) is 31.2 Å². The number of hydrogen-bond acceptors (Lipinski definition) is 3. The molecule has 0 N–H and O–H groups in total. The predicted octanol–water partition coefficient (Wildman–Crippen LogP) is 2.64. The summed E-state index contributed by atoms with van der Waals surface area (Å²) in [6, 6.07) is 18.2. The molecule has 1 amide bonds. The molecular formula is C20H24N2O3S. The third kappa shape index (κ3) is 4.31. The highest BCUT2D eigenvalue weighted by molar-refractivity contribution is 7.88. The molecule has 1 fully saturated rings. The number of carbonyl (C=O) groups excluding carboxylic acids is 1. The van der Waals surface area contributed by atoms with Gasteiger partial charge in [0.15, 0.2) is 0 Å². The van der Waals surface area contributed by atoms with Gasteiger partial charge >= 0.3 is 0 Å². The SMILES string of the molecule is CN(Cc1ccccc1)C(=O)C1CCCN1S(=O)(=O)Cc1ccccc1. The van der Waals surface area contributed by atoms with E-state index in [1.807, 2.05) is 48.5 Å². The lowest BCUT2D eigenvalue weighted by Gasteiger charge is -2.27. The number of rotatable bonds is 6. The monoisotopic (exact) mass is 372 g/mol. The first kappa shape index (κ1) is 18.6. The molecule has 1 aliphatic rings. The first-order valence-electron chi connectivity index (χ1n) is 8.80. The van der Waals surface area contributed by atoms with E-state index in [2.05, 4.69) is 0 Å². The first-order chi connectivity index (χ1) is 12.5. The van der Waals surface area contributed by atoms with Gasteiger partial charge in [0.1, 0.15) is 6.04 Å². The third-order valence-corrected chi connectivity index (χ3v) is 6.53. The fourth-order valence-electron chi connectivity index (χ4n) is 3.38. The number of likely N-dealkylation sites (N-methyl/N-ethyl adjacent to an activating group) is 1. The second-order valence-electron chi connectivity index (χ2n) is 6.69. The van der Waals surface area contributed by atoms with Crippen LogP contribution < -0.4 is 0 Å². The lowest BCUT2D eigenvalue weighted by atomic mass is 10.1. The minimum absolute atomic E-state index is 0.0694. The van der Waals surface area contributed by atoms with Crippen molar-refractivity contribution in [3.63, 3.8) is 0 Å². The van der Waals surface area contributed by atoms with Gasteiger partial charge in [-0.15, -0.1) is 0 Å². The Morgan fingerprint density at radius 3 is 2.23 bits per heavy atom. The van der Waals surface area contributed by atoms with E-state index in [4.69, 9.17) is 0 Å². The van der Waals surface area contributed by atoms with Gasteiger partial charge in [0.2, 0.25) is 15.9 Å². The van der Waals surface area contributed by atoms with Crippen molar-refractivity contribution in [3.05, 3.63) is 71.8 Å². The number of sulfonamides is 1. The molecule has 0 radical (unpaired) electrons. The maximum absolute atomic E-state index is 12.9. The largest absolute Gasteiger partial charge is 0.340 e. The molecule has 2 aromatic carbocycles. The van der Waals surface area contributed by atoms with Gasteiger partial charge in [0.05, 0.1) is 5.75 Å². The van der Waals surface area contributed by atoms with E-state index in [9.17, 15) is 13.2 Å². The number of benzene rings is 2. The second-order valence-corrected chi connectivity index (χ2v) is 8.61. The van der Waals surface area contributed by atoms with Crippen LogP contribution in [0.4, 0.5) is 0 Å². The van der Waals surface area contributed by atoms with Crippen LogP contribution in [0.15, 0.2) is 60.7 Å². The molecule has 1 saturated heterocycles. The molecular weight excluding hydrogens is 348 g/mol. The van der Waals surface area contributed by atoms with Crippen LogP contribution in [0.2, 0.25) is 0 Å². The summed E-state index contributed by atoms with van der Waals surface area (Å²) in [5.74, 6) is -0.206. The second kappa shape index (κ2) is 8.01. The van der Waals surface area contributed by atoms with Crippen LogP contribution in [0.25, 0.3) is 0 Å². The Kier molecular flexibility index (Phi) is 5.74. The number of carbonyl (C=O) groups is 1. The molecule has 6 heteroatoms. The maximum atomic E-state index is 12.9. The van der Waals surface area contributed by atoms with Gasteiger partial charge in [0, 0.05) is 20.1 Å². The van der Waals surface area contributed by atoms with Gasteiger partial charge in [0.25, 0.3) is 0 Å². The van der Waals surface area contributed by atoms with Gasteiger partial charge in [-0.3, -0.25) is 4.79 Å². The van der Waals surface area contributed by atoms with Crippen LogP contribution in [0, 0.1) is 0 Å². The van der Waals surface area contributed by atoms with E-state index in [1.165, 1.54) is 4.31 Å². The molecule has 5 nitrogen and oxygen atoms in total. The molecule has 2 aromatic rings. The Labute approximate surface area is 155 Å². The Morgan fingerprint density at radius 2 is 1.62 bits per heavy atom. The fraction of sp³-hybridized carbons (Fsp3) is 0.350. The smallest absolute Gasteiger partial charge is 0.241 e. The summed E-state index contributed by atoms with van der Waals surface area (Å²) in [5, 5.41) is 0. The van der Waals surface area contributed by atoms with E-state index < -0.39 is 16.1 Å². The van der Waals surface area contributed by atoms with Gasteiger partial charge < -0.3 is 4.90 Å². The summed E-state index contributed by atoms with van der Waals surface area (Å²) >= 11 is 0. The molecule has 0 spiro atoms. The molecule has 0 aliphatic carbocycles. The van der Waals surface area contributed by atoms with Crippen LogP contribution >= 0.6 is 0 Å². The van der Waals surface area contributed by atoms with Crippen LogP contribution in [0.3, 0.4) is 0 Å². The van der Waals surface area contributed by atoms with Crippen molar-refractivity contribution in [3.8, 4) is 0 Å². The highest BCUT2D eigenvalue weighted by atomic mass is 32.2. The van der Waals surface area contributed by atoms with Crippen LogP contribution in [-0.4, -0.2) is 43.2 Å². The van der Waals surface area contributed by atoms with Crippen molar-refractivity contribution >= 4 is 15.9 Å². The van der Waals surface area contributed by atoms with Crippen LogP contribution in [-0.2, 0) is 27.1 Å². The van der Waals surface area contributed by atoms with Gasteiger partial charge in [-0.05, 0) is 24.0 Å². The Hall–Kier alpha value is -2.18. The van der Waals surface area contributed by atoms with Crippen LogP contribution in [0.5, 0.6) is 0 Å². The highest BCUT2D eigenvalue weighted by Crippen LogP contribution is 2.25. The molecule has 0 aromatic heterocycles.